The summed E-state index contributed by atoms with van der Waals surface area (Å²) in [7, 11) is 6.86. The first-order valence-electron chi connectivity index (χ1n) is 38.8. The molecule has 29 heteroatoms. The molecule has 1 unspecified atom stereocenters. The number of piperidine rings is 1. The van der Waals surface area contributed by atoms with Gasteiger partial charge in [-0.15, -0.1) is 0 Å². The Morgan fingerprint density at radius 2 is 0.991 bits per heavy atom. The van der Waals surface area contributed by atoms with Crippen LogP contribution in [-0.4, -0.2) is 263 Å². The molecule has 0 spiro atoms. The lowest BCUT2D eigenvalue weighted by molar-refractivity contribution is -0.150. The zero-order chi connectivity index (χ0) is 81.4. The highest BCUT2D eigenvalue weighted by molar-refractivity contribution is 6.01. The lowest BCUT2D eigenvalue weighted by atomic mass is 9.96. The van der Waals surface area contributed by atoms with Crippen molar-refractivity contribution in [3.8, 4) is 0 Å². The Balaban J connectivity index is 1.45. The minimum absolute atomic E-state index is 0.0505. The lowest BCUT2D eigenvalue weighted by Gasteiger charge is -2.37. The number of likely N-dealkylation sites (tertiary alicyclic amines) is 1. The fraction of sp³-hybridized carbons (Fsp3) is 0.605. The number of carbonyl (C=O) groups is 14. The molecule has 14 amide bonds. The highest BCUT2D eigenvalue weighted by Gasteiger charge is 2.44. The van der Waals surface area contributed by atoms with Crippen molar-refractivity contribution in [2.24, 2.45) is 23.7 Å². The minimum atomic E-state index is -1.86. The van der Waals surface area contributed by atoms with Crippen LogP contribution in [0.4, 0.5) is 0 Å². The van der Waals surface area contributed by atoms with Gasteiger partial charge in [-0.2, -0.15) is 0 Å². The molecule has 3 aromatic rings. The van der Waals surface area contributed by atoms with Crippen molar-refractivity contribution in [2.45, 2.75) is 225 Å². The number of nitrogens with zero attached hydrogens (tertiary/aromatic N) is 7. The zero-order valence-electron chi connectivity index (χ0n) is 66.9. The number of fused-ring (bicyclic) bond motifs is 1. The highest BCUT2D eigenvalue weighted by atomic mass is 16.3. The quantitative estimate of drug-likeness (QED) is 0.0806. The number of aliphatic hydroxyl groups excluding tert-OH is 1. The summed E-state index contributed by atoms with van der Waals surface area (Å²) in [5.74, 6) is -11.8. The van der Waals surface area contributed by atoms with Crippen LogP contribution in [0, 0.1) is 23.7 Å². The van der Waals surface area contributed by atoms with E-state index in [4.69, 9.17) is 0 Å². The summed E-state index contributed by atoms with van der Waals surface area (Å²) in [6, 6.07) is 11.1. The third-order valence-corrected chi connectivity index (χ3v) is 20.5. The molecule has 0 aromatic heterocycles. The molecule has 3 saturated heterocycles. The molecule has 0 radical (unpaired) electrons. The van der Waals surface area contributed by atoms with Gasteiger partial charge in [0.1, 0.15) is 66.5 Å². The second-order valence-corrected chi connectivity index (χ2v) is 31.5. The van der Waals surface area contributed by atoms with Crippen molar-refractivity contribution in [3.05, 3.63) is 108 Å². The average Bonchev–Trinajstić information content (AvgIpc) is 1.32. The van der Waals surface area contributed by atoms with E-state index >= 15 is 28.8 Å². The van der Waals surface area contributed by atoms with E-state index in [-0.39, 0.29) is 87.5 Å². The molecule has 12 atom stereocenters. The first-order chi connectivity index (χ1) is 52.0. The smallest absolute Gasteiger partial charge is 0.246 e. The Morgan fingerprint density at radius 1 is 0.509 bits per heavy atom. The number of amides is 14. The third-order valence-electron chi connectivity index (χ3n) is 20.5. The summed E-state index contributed by atoms with van der Waals surface area (Å²) in [6.07, 6.45) is 0.351. The van der Waals surface area contributed by atoms with Gasteiger partial charge in [0.05, 0.1) is 25.6 Å². The molecule has 29 nitrogen and oxygen atoms in total. The van der Waals surface area contributed by atoms with Crippen LogP contribution >= 0.6 is 0 Å². The maximum atomic E-state index is 15.5. The first kappa shape index (κ1) is 89.1. The fourth-order valence-electron chi connectivity index (χ4n) is 14.3. The zero-order valence-corrected chi connectivity index (χ0v) is 66.9. The molecule has 110 heavy (non-hydrogen) atoms. The Bertz CT molecular complexity index is 3650. The standard InChI is InChI=1S/C81H120N14O15/c1-49(2)39-58-71(100)86-61(80(109)91(13)65(45-57-33-24-18-25-34-57)74(103)83-53(9)77(106)94-36-26-19-27-37-94)46-68(98)89(11)48-67(97)84-59(43-55-29-20-16-21-30-55)78(107)93(15)66(42-52(7)8)81(110)92(14)64(41-51(5)6)75(104)87-60(44-56-31-22-17-23-32-56)79(108)90(12)63(40-50(3)4)72(101)82-47-69(99)95-38-28-35-62(95)73(102)88-70(54(10)96)76(105)85-58/h16-18,20-25,29-34,49-54,58-66,70,96H,19,26-28,35-48H2,1-15H3,(H,82,101)(H,83,103)(H,84,97)(H,85,105)(H,86,100)(H,87,104)(H,88,102)/t53-,54+,58-,59-,60-,61-,62-,63-,64-,65-,66?,70-/m0/s1. The van der Waals surface area contributed by atoms with Gasteiger partial charge >= 0.3 is 0 Å². The molecule has 8 N–H and O–H groups in total. The molecule has 3 fully saturated rings. The predicted octanol–water partition coefficient (Wildman–Crippen LogP) is 2.50. The number of likely N-dealkylation sites (N-methyl/N-ethyl adjacent to an activating group) is 5. The van der Waals surface area contributed by atoms with Gasteiger partial charge in [-0.25, -0.2) is 0 Å². The van der Waals surface area contributed by atoms with Crippen LogP contribution < -0.4 is 37.2 Å². The van der Waals surface area contributed by atoms with E-state index in [1.807, 2.05) is 41.5 Å². The predicted molar refractivity (Wildman–Crippen MR) is 414 cm³/mol. The van der Waals surface area contributed by atoms with Crippen LogP contribution in [0.25, 0.3) is 0 Å². The van der Waals surface area contributed by atoms with Gasteiger partial charge in [0.25, 0.3) is 0 Å². The third kappa shape index (κ3) is 25.9. The average molecular weight is 1530 g/mol. The van der Waals surface area contributed by atoms with E-state index in [0.29, 0.717) is 36.2 Å². The Kier molecular flexibility index (Phi) is 34.3. The number of carbonyl (C=O) groups excluding carboxylic acids is 14. The summed E-state index contributed by atoms with van der Waals surface area (Å²) < 4.78 is 0. The topological polar surface area (TPSA) is 366 Å². The van der Waals surface area contributed by atoms with Crippen molar-refractivity contribution >= 4 is 82.7 Å². The van der Waals surface area contributed by atoms with Gasteiger partial charge in [0.15, 0.2) is 0 Å². The van der Waals surface area contributed by atoms with Crippen molar-refractivity contribution in [1.82, 2.24) is 71.5 Å². The SMILES string of the molecule is CC(C)CC1C(=O)N(C)[C@@H](CC(C)C)C(=O)N[C@@H](Cc2ccccc2)C(=O)N(C)[C@@H](CC(C)C)C(=O)NCC(=O)N2CCC[C@H]2C(=O)N[C@@H]([C@@H](C)O)C(=O)N[C@@H](CC(C)C)C(=O)N[C@H](C(=O)N(C)[C@@H](Cc2ccccc2)C(=O)N[C@@H](C)C(=O)N2CCCCC2)CC(=O)N(C)CC(=O)N[C@@H](Cc2ccccc2)C(=O)N1C. The van der Waals surface area contributed by atoms with Crippen molar-refractivity contribution in [3.63, 3.8) is 0 Å². The van der Waals surface area contributed by atoms with Crippen molar-refractivity contribution in [1.29, 1.82) is 0 Å². The van der Waals surface area contributed by atoms with Gasteiger partial charge < -0.3 is 76.6 Å². The normalized spacial score (nSPS) is 23.9. The monoisotopic (exact) mass is 1530 g/mol. The molecular weight excluding hydrogens is 1410 g/mol. The Labute approximate surface area is 648 Å². The van der Waals surface area contributed by atoms with E-state index in [1.54, 1.807) is 117 Å². The second kappa shape index (κ2) is 42.4. The van der Waals surface area contributed by atoms with Gasteiger partial charge in [0.2, 0.25) is 82.7 Å². The van der Waals surface area contributed by atoms with E-state index in [9.17, 15) is 43.5 Å². The number of benzene rings is 3. The molecule has 604 valence electrons. The molecule has 0 saturated carbocycles. The molecule has 0 bridgehead atoms. The second-order valence-electron chi connectivity index (χ2n) is 31.5. The van der Waals surface area contributed by atoms with Crippen LogP contribution in [0.15, 0.2) is 91.0 Å². The van der Waals surface area contributed by atoms with Crippen LogP contribution in [-0.2, 0) is 86.4 Å². The van der Waals surface area contributed by atoms with E-state index in [2.05, 4.69) is 37.2 Å². The maximum Gasteiger partial charge on any atom is 0.246 e. The van der Waals surface area contributed by atoms with Gasteiger partial charge in [-0.3, -0.25) is 67.1 Å². The molecule has 3 aliphatic rings. The summed E-state index contributed by atoms with van der Waals surface area (Å²) in [5, 5.41) is 30.3. The molecule has 6 rings (SSSR count). The summed E-state index contributed by atoms with van der Waals surface area (Å²) >= 11 is 0. The molecule has 3 aliphatic heterocycles. The summed E-state index contributed by atoms with van der Waals surface area (Å²) in [4.78, 5) is 216. The van der Waals surface area contributed by atoms with Crippen LogP contribution in [0.3, 0.4) is 0 Å². The number of rotatable bonds is 20. The number of hydrogen-bond donors (Lipinski definition) is 8. The van der Waals surface area contributed by atoms with Gasteiger partial charge in [-0.1, -0.05) is 146 Å². The summed E-state index contributed by atoms with van der Waals surface area (Å²) in [5.41, 5.74) is 1.86. The summed E-state index contributed by atoms with van der Waals surface area (Å²) in [6.45, 7) is 17.1. The molecule has 3 heterocycles. The van der Waals surface area contributed by atoms with Crippen molar-refractivity contribution in [2.75, 3.05) is 68.0 Å². The van der Waals surface area contributed by atoms with Crippen LogP contribution in [0.1, 0.15) is 150 Å². The lowest BCUT2D eigenvalue weighted by Crippen LogP contribution is -2.62. The van der Waals surface area contributed by atoms with Crippen LogP contribution in [0.5, 0.6) is 0 Å². The van der Waals surface area contributed by atoms with E-state index in [1.165, 1.54) is 61.8 Å². The molecule has 3 aromatic carbocycles. The Hall–Kier alpha value is -9.80. The van der Waals surface area contributed by atoms with Gasteiger partial charge in [-0.05, 0) is 112 Å². The minimum Gasteiger partial charge on any atom is -0.391 e. The van der Waals surface area contributed by atoms with E-state index in [0.717, 1.165) is 29.1 Å². The fourth-order valence-corrected chi connectivity index (χ4v) is 14.3. The largest absolute Gasteiger partial charge is 0.391 e. The number of hydrogen-bond acceptors (Lipinski definition) is 15. The van der Waals surface area contributed by atoms with Gasteiger partial charge in [0, 0.05) is 74.1 Å². The number of nitrogens with one attached hydrogen (secondary N) is 7. The molecule has 0 aliphatic carbocycles. The molecular formula is C81H120N14O15. The van der Waals surface area contributed by atoms with Crippen molar-refractivity contribution < 1.29 is 72.2 Å². The first-order valence-corrected chi connectivity index (χ1v) is 38.8. The number of aliphatic hydroxyl groups is 1. The van der Waals surface area contributed by atoms with Crippen LogP contribution in [0.2, 0.25) is 0 Å². The van der Waals surface area contributed by atoms with E-state index < -0.39 is 169 Å². The maximum absolute atomic E-state index is 15.5. The highest BCUT2D eigenvalue weighted by Crippen LogP contribution is 2.24. The Morgan fingerprint density at radius 3 is 1.52 bits per heavy atom.